The van der Waals surface area contributed by atoms with Crippen molar-refractivity contribution in [1.82, 2.24) is 15.2 Å². The van der Waals surface area contributed by atoms with E-state index in [4.69, 9.17) is 4.42 Å². The summed E-state index contributed by atoms with van der Waals surface area (Å²) >= 11 is 1.59. The zero-order valence-electron chi connectivity index (χ0n) is 13.8. The van der Waals surface area contributed by atoms with Crippen LogP contribution in [-0.4, -0.2) is 41.0 Å². The molecule has 2 fully saturated rings. The Morgan fingerprint density at radius 1 is 1.16 bits per heavy atom. The van der Waals surface area contributed by atoms with Crippen molar-refractivity contribution in [2.45, 2.75) is 31.3 Å². The fourth-order valence-electron chi connectivity index (χ4n) is 3.99. The lowest BCUT2D eigenvalue weighted by Crippen LogP contribution is -2.42. The van der Waals surface area contributed by atoms with E-state index < -0.39 is 0 Å². The van der Waals surface area contributed by atoms with Gasteiger partial charge in [-0.2, -0.15) is 0 Å². The molecule has 0 saturated carbocycles. The molecule has 2 saturated heterocycles. The molecule has 6 heteroatoms. The highest BCUT2D eigenvalue weighted by molar-refractivity contribution is 7.21. The number of hydrogen-bond acceptors (Lipinski definition) is 5. The molecular formula is C19H19N3O2S. The summed E-state index contributed by atoms with van der Waals surface area (Å²) in [6, 6.07) is 12.3. The first-order chi connectivity index (χ1) is 12.3. The van der Waals surface area contributed by atoms with Crippen molar-refractivity contribution in [1.29, 1.82) is 0 Å². The molecule has 1 N–H and O–H groups in total. The Balaban J connectivity index is 1.45. The molecule has 0 aliphatic carbocycles. The maximum absolute atomic E-state index is 13.0. The van der Waals surface area contributed by atoms with Crippen molar-refractivity contribution >= 4 is 27.5 Å². The van der Waals surface area contributed by atoms with Crippen LogP contribution in [0.3, 0.4) is 0 Å². The largest absolute Gasteiger partial charge is 0.448 e. The Hall–Kier alpha value is -2.18. The molecular weight excluding hydrogens is 334 g/mol. The Kier molecular flexibility index (Phi) is 3.60. The third-order valence-electron chi connectivity index (χ3n) is 5.21. The molecule has 1 aromatic carbocycles. The number of benzene rings is 1. The maximum Gasteiger partial charge on any atom is 0.290 e. The molecule has 2 atom stereocenters. The number of rotatable bonds is 2. The SMILES string of the molecule is O=C(c1ccc(-c2nc3ccccc3s2)o1)N1C2CCNCC1CC2. The molecule has 2 aromatic heterocycles. The highest BCUT2D eigenvalue weighted by Gasteiger charge is 2.39. The zero-order chi connectivity index (χ0) is 16.8. The standard InChI is InChI=1S/C19H19N3O2S/c23-19(22-12-5-6-13(22)11-20-10-9-12)16-8-7-15(24-16)18-21-14-3-1-2-4-17(14)25-18/h1-4,7-8,12-13,20H,5-6,9-11H2. The van der Waals surface area contributed by atoms with Crippen LogP contribution < -0.4 is 5.32 Å². The summed E-state index contributed by atoms with van der Waals surface area (Å²) in [5, 5.41) is 4.25. The van der Waals surface area contributed by atoms with Gasteiger partial charge in [-0.05, 0) is 50.1 Å². The number of hydrogen-bond donors (Lipinski definition) is 1. The minimum Gasteiger partial charge on any atom is -0.448 e. The van der Waals surface area contributed by atoms with Crippen molar-refractivity contribution in [3.63, 3.8) is 0 Å². The fraction of sp³-hybridized carbons (Fsp3) is 0.368. The highest BCUT2D eigenvalue weighted by Crippen LogP contribution is 2.33. The first-order valence-corrected chi connectivity index (χ1v) is 9.60. The van der Waals surface area contributed by atoms with Crippen LogP contribution in [0.1, 0.15) is 29.8 Å². The number of nitrogens with zero attached hydrogens (tertiary/aromatic N) is 2. The summed E-state index contributed by atoms with van der Waals surface area (Å²) in [7, 11) is 0. The van der Waals surface area contributed by atoms with Gasteiger partial charge >= 0.3 is 0 Å². The van der Waals surface area contributed by atoms with Gasteiger partial charge in [0.05, 0.1) is 10.2 Å². The Labute approximate surface area is 149 Å². The van der Waals surface area contributed by atoms with Crippen LogP contribution in [0.25, 0.3) is 21.0 Å². The lowest BCUT2D eigenvalue weighted by molar-refractivity contribution is 0.0648. The summed E-state index contributed by atoms with van der Waals surface area (Å²) in [5.41, 5.74) is 0.961. The van der Waals surface area contributed by atoms with Gasteiger partial charge in [-0.1, -0.05) is 12.1 Å². The van der Waals surface area contributed by atoms with Crippen molar-refractivity contribution in [2.24, 2.45) is 0 Å². The summed E-state index contributed by atoms with van der Waals surface area (Å²) < 4.78 is 7.04. The third-order valence-corrected chi connectivity index (χ3v) is 6.26. The Morgan fingerprint density at radius 3 is 2.96 bits per heavy atom. The molecule has 2 unspecified atom stereocenters. The minimum atomic E-state index is 0.0172. The minimum absolute atomic E-state index is 0.0172. The average molecular weight is 353 g/mol. The van der Waals surface area contributed by atoms with E-state index in [1.54, 1.807) is 17.4 Å². The lowest BCUT2D eigenvalue weighted by atomic mass is 10.1. The lowest BCUT2D eigenvalue weighted by Gasteiger charge is -2.26. The number of fused-ring (bicyclic) bond motifs is 3. The van der Waals surface area contributed by atoms with E-state index in [2.05, 4.69) is 10.3 Å². The average Bonchev–Trinajstić information content (AvgIpc) is 3.29. The van der Waals surface area contributed by atoms with Crippen molar-refractivity contribution in [3.05, 3.63) is 42.2 Å². The molecule has 0 radical (unpaired) electrons. The second-order valence-electron chi connectivity index (χ2n) is 6.74. The molecule has 2 aliphatic heterocycles. The fourth-order valence-corrected chi connectivity index (χ4v) is 4.91. The van der Waals surface area contributed by atoms with E-state index >= 15 is 0 Å². The number of para-hydroxylation sites is 1. The summed E-state index contributed by atoms with van der Waals surface area (Å²) in [6.45, 7) is 1.87. The number of carbonyl (C=O) groups is 1. The van der Waals surface area contributed by atoms with Crippen LogP contribution >= 0.6 is 11.3 Å². The van der Waals surface area contributed by atoms with Crippen LogP contribution in [0.2, 0.25) is 0 Å². The van der Waals surface area contributed by atoms with Gasteiger partial charge in [-0.15, -0.1) is 11.3 Å². The van der Waals surface area contributed by atoms with Crippen LogP contribution in [0.4, 0.5) is 0 Å². The van der Waals surface area contributed by atoms with Gasteiger partial charge in [0.1, 0.15) is 0 Å². The van der Waals surface area contributed by atoms with Gasteiger partial charge in [0, 0.05) is 18.6 Å². The Morgan fingerprint density at radius 2 is 2.04 bits per heavy atom. The molecule has 4 heterocycles. The number of thiazole rings is 1. The van der Waals surface area contributed by atoms with E-state index in [-0.39, 0.29) is 11.9 Å². The molecule has 5 nitrogen and oxygen atoms in total. The summed E-state index contributed by atoms with van der Waals surface area (Å²) in [6.07, 6.45) is 3.20. The van der Waals surface area contributed by atoms with E-state index in [1.807, 2.05) is 35.2 Å². The monoisotopic (exact) mass is 353 g/mol. The molecule has 0 spiro atoms. The van der Waals surface area contributed by atoms with Crippen LogP contribution in [0.5, 0.6) is 0 Å². The van der Waals surface area contributed by atoms with E-state index in [9.17, 15) is 4.79 Å². The first kappa shape index (κ1) is 15.1. The molecule has 2 bridgehead atoms. The van der Waals surface area contributed by atoms with Gasteiger partial charge in [-0.3, -0.25) is 4.79 Å². The number of carbonyl (C=O) groups excluding carboxylic acids is 1. The summed E-state index contributed by atoms with van der Waals surface area (Å²) in [4.78, 5) is 19.7. The molecule has 128 valence electrons. The topological polar surface area (TPSA) is 58.4 Å². The molecule has 2 aliphatic rings. The van der Waals surface area contributed by atoms with Crippen LogP contribution in [-0.2, 0) is 0 Å². The van der Waals surface area contributed by atoms with Gasteiger partial charge in [0.2, 0.25) is 0 Å². The molecule has 5 rings (SSSR count). The smallest absolute Gasteiger partial charge is 0.290 e. The van der Waals surface area contributed by atoms with Gasteiger partial charge in [0.15, 0.2) is 16.5 Å². The predicted octanol–water partition coefficient (Wildman–Crippen LogP) is 3.52. The van der Waals surface area contributed by atoms with Crippen molar-refractivity contribution in [2.75, 3.05) is 13.1 Å². The third kappa shape index (κ3) is 2.56. The molecule has 1 amide bonds. The molecule has 25 heavy (non-hydrogen) atoms. The van der Waals surface area contributed by atoms with Crippen molar-refractivity contribution in [3.8, 4) is 10.8 Å². The number of amides is 1. The normalized spacial score (nSPS) is 23.1. The van der Waals surface area contributed by atoms with Crippen LogP contribution in [0.15, 0.2) is 40.8 Å². The number of furan rings is 1. The maximum atomic E-state index is 13.0. The van der Waals surface area contributed by atoms with Gasteiger partial charge in [-0.25, -0.2) is 4.98 Å². The summed E-state index contributed by atoms with van der Waals surface area (Å²) in [5.74, 6) is 1.11. The number of aromatic nitrogens is 1. The number of nitrogens with one attached hydrogen (secondary N) is 1. The second kappa shape index (κ2) is 5.97. The predicted molar refractivity (Wildman–Crippen MR) is 97.8 cm³/mol. The quantitative estimate of drug-likeness (QED) is 0.766. The van der Waals surface area contributed by atoms with Gasteiger partial charge < -0.3 is 14.6 Å². The van der Waals surface area contributed by atoms with E-state index in [0.29, 0.717) is 17.6 Å². The van der Waals surface area contributed by atoms with E-state index in [1.165, 1.54) is 0 Å². The Bertz CT molecular complexity index is 885. The van der Waals surface area contributed by atoms with Crippen molar-refractivity contribution < 1.29 is 9.21 Å². The molecule has 3 aromatic rings. The van der Waals surface area contributed by atoms with Gasteiger partial charge in [0.25, 0.3) is 5.91 Å². The first-order valence-electron chi connectivity index (χ1n) is 8.79. The second-order valence-corrected chi connectivity index (χ2v) is 7.77. The zero-order valence-corrected chi connectivity index (χ0v) is 14.6. The van der Waals surface area contributed by atoms with E-state index in [0.717, 1.165) is 47.6 Å². The van der Waals surface area contributed by atoms with Crippen LogP contribution in [0, 0.1) is 0 Å². The highest BCUT2D eigenvalue weighted by atomic mass is 32.1.